The molecule has 0 spiro atoms. The number of ether oxygens (including phenoxy) is 1. The smallest absolute Gasteiger partial charge is 0.305 e. The summed E-state index contributed by atoms with van der Waals surface area (Å²) >= 11 is 1.00. The Balaban J connectivity index is 1.45. The van der Waals surface area contributed by atoms with Crippen LogP contribution in [0.2, 0.25) is 0 Å². The van der Waals surface area contributed by atoms with E-state index >= 15 is 0 Å². The number of aliphatic hydroxyl groups is 1. The molecular formula is C26H37N3O4S. The van der Waals surface area contributed by atoms with Crippen molar-refractivity contribution in [3.63, 3.8) is 0 Å². The maximum atomic E-state index is 11.7. The summed E-state index contributed by atoms with van der Waals surface area (Å²) in [4.78, 5) is 14.0. The number of phenolic OH excluding ortho intramolecular Hbond substituents is 1. The Kier molecular flexibility index (Phi) is 10.1. The number of thiazole rings is 1. The van der Waals surface area contributed by atoms with Crippen molar-refractivity contribution in [2.24, 2.45) is 5.92 Å². The molecule has 34 heavy (non-hydrogen) atoms. The fourth-order valence-corrected chi connectivity index (χ4v) is 5.14. The van der Waals surface area contributed by atoms with Crippen LogP contribution in [0.4, 0.5) is 0 Å². The SMILES string of the molecule is COC[C@H](CC(C)C)NCCc1cccc(CCNC[C@H](O)c2ccc(O)c3[nH]c(=O)sc23)c1. The highest BCUT2D eigenvalue weighted by atomic mass is 32.1. The second kappa shape index (κ2) is 13.0. The molecule has 3 aromatic rings. The van der Waals surface area contributed by atoms with E-state index in [9.17, 15) is 15.0 Å². The highest BCUT2D eigenvalue weighted by molar-refractivity contribution is 7.16. The summed E-state index contributed by atoms with van der Waals surface area (Å²) in [7, 11) is 1.75. The van der Waals surface area contributed by atoms with Crippen molar-refractivity contribution >= 4 is 21.6 Å². The highest BCUT2D eigenvalue weighted by Crippen LogP contribution is 2.31. The first-order valence-corrected chi connectivity index (χ1v) is 12.7. The van der Waals surface area contributed by atoms with Crippen LogP contribution in [0.15, 0.2) is 41.2 Å². The van der Waals surface area contributed by atoms with Gasteiger partial charge in [0.25, 0.3) is 0 Å². The first-order chi connectivity index (χ1) is 16.4. The summed E-state index contributed by atoms with van der Waals surface area (Å²) in [5.74, 6) is 0.649. The largest absolute Gasteiger partial charge is 0.506 e. The quantitative estimate of drug-likeness (QED) is 0.223. The molecule has 0 amide bonds. The number of nitrogens with one attached hydrogen (secondary N) is 3. The van der Waals surface area contributed by atoms with Crippen molar-refractivity contribution in [3.05, 3.63) is 62.8 Å². The molecule has 2 atom stereocenters. The summed E-state index contributed by atoms with van der Waals surface area (Å²) in [6.45, 7) is 7.21. The molecule has 0 aliphatic heterocycles. The highest BCUT2D eigenvalue weighted by Gasteiger charge is 2.16. The number of phenols is 1. The van der Waals surface area contributed by atoms with Crippen molar-refractivity contribution in [2.45, 2.75) is 45.3 Å². The average molecular weight is 488 g/mol. The molecule has 7 nitrogen and oxygen atoms in total. The fourth-order valence-electron chi connectivity index (χ4n) is 4.23. The first-order valence-electron chi connectivity index (χ1n) is 11.9. The Morgan fingerprint density at radius 2 is 1.85 bits per heavy atom. The van der Waals surface area contributed by atoms with Crippen molar-refractivity contribution in [3.8, 4) is 5.75 Å². The van der Waals surface area contributed by atoms with E-state index in [0.29, 0.717) is 34.3 Å². The molecule has 8 heteroatoms. The number of aromatic hydroxyl groups is 1. The van der Waals surface area contributed by atoms with Gasteiger partial charge < -0.3 is 30.6 Å². The van der Waals surface area contributed by atoms with Gasteiger partial charge in [0.05, 0.1) is 17.4 Å². The minimum atomic E-state index is -0.766. The molecule has 0 saturated carbocycles. The van der Waals surface area contributed by atoms with Crippen LogP contribution in [0.1, 0.15) is 43.1 Å². The normalized spacial score (nSPS) is 13.6. The standard InChI is InChI=1S/C26H37N3O4S/c1-17(2)13-20(16-33-3)28-12-10-19-6-4-5-18(14-19)9-11-27-15-23(31)21-7-8-22(30)24-25(21)34-26(32)29-24/h4-8,14,17,20,23,27-28,30-31H,9-13,15-16H2,1-3H3,(H,29,32)/t20-,23-/m0/s1. The molecule has 0 fully saturated rings. The molecule has 3 rings (SSSR count). The molecule has 0 aliphatic rings. The van der Waals surface area contributed by atoms with Crippen LogP contribution in [-0.4, -0.2) is 54.6 Å². The van der Waals surface area contributed by atoms with E-state index in [-0.39, 0.29) is 10.6 Å². The van der Waals surface area contributed by atoms with E-state index in [0.717, 1.165) is 50.3 Å². The number of fused-ring (bicyclic) bond motifs is 1. The topological polar surface area (TPSA) is 107 Å². The number of rotatable bonds is 14. The van der Waals surface area contributed by atoms with Crippen LogP contribution in [0.3, 0.4) is 0 Å². The lowest BCUT2D eigenvalue weighted by molar-refractivity contribution is 0.157. The lowest BCUT2D eigenvalue weighted by Crippen LogP contribution is -2.35. The number of hydrogen-bond donors (Lipinski definition) is 5. The van der Waals surface area contributed by atoms with Gasteiger partial charge >= 0.3 is 4.87 Å². The average Bonchev–Trinajstić information content (AvgIpc) is 3.19. The fraction of sp³-hybridized carbons (Fsp3) is 0.500. The van der Waals surface area contributed by atoms with E-state index in [1.165, 1.54) is 17.2 Å². The van der Waals surface area contributed by atoms with Crippen LogP contribution < -0.4 is 15.5 Å². The third kappa shape index (κ3) is 7.65. The summed E-state index contributed by atoms with van der Waals surface area (Å²) in [5, 5.41) is 27.5. The summed E-state index contributed by atoms with van der Waals surface area (Å²) < 4.78 is 5.94. The molecule has 0 radical (unpaired) electrons. The number of methoxy groups -OCH3 is 1. The Morgan fingerprint density at radius 3 is 2.56 bits per heavy atom. The van der Waals surface area contributed by atoms with Gasteiger partial charge in [0.15, 0.2) is 0 Å². The van der Waals surface area contributed by atoms with E-state index in [1.807, 2.05) is 0 Å². The Hall–Kier alpha value is -2.23. The maximum Gasteiger partial charge on any atom is 0.305 e. The van der Waals surface area contributed by atoms with Gasteiger partial charge in [-0.15, -0.1) is 0 Å². The predicted molar refractivity (Wildman–Crippen MR) is 139 cm³/mol. The molecule has 5 N–H and O–H groups in total. The molecule has 0 saturated heterocycles. The van der Waals surface area contributed by atoms with Crippen LogP contribution in [0.5, 0.6) is 5.75 Å². The number of aromatic amines is 1. The molecule has 2 aromatic carbocycles. The van der Waals surface area contributed by atoms with Crippen LogP contribution in [-0.2, 0) is 17.6 Å². The molecule has 186 valence electrons. The minimum Gasteiger partial charge on any atom is -0.506 e. The number of aliphatic hydroxyl groups excluding tert-OH is 1. The van der Waals surface area contributed by atoms with Gasteiger partial charge in [-0.25, -0.2) is 0 Å². The van der Waals surface area contributed by atoms with E-state index in [4.69, 9.17) is 4.74 Å². The Morgan fingerprint density at radius 1 is 1.12 bits per heavy atom. The number of aromatic nitrogens is 1. The van der Waals surface area contributed by atoms with Crippen LogP contribution in [0, 0.1) is 5.92 Å². The molecule has 0 unspecified atom stereocenters. The second-order valence-corrected chi connectivity index (χ2v) is 10.2. The van der Waals surface area contributed by atoms with Gasteiger partial charge in [-0.3, -0.25) is 4.79 Å². The zero-order chi connectivity index (χ0) is 24.5. The minimum absolute atomic E-state index is 0.0153. The molecular weight excluding hydrogens is 450 g/mol. The van der Waals surface area contributed by atoms with Gasteiger partial charge in [0.1, 0.15) is 11.3 Å². The van der Waals surface area contributed by atoms with E-state index < -0.39 is 6.10 Å². The van der Waals surface area contributed by atoms with E-state index in [2.05, 4.69) is 53.7 Å². The van der Waals surface area contributed by atoms with Crippen LogP contribution in [0.25, 0.3) is 10.2 Å². The summed E-state index contributed by atoms with van der Waals surface area (Å²) in [6.07, 6.45) is 2.16. The monoisotopic (exact) mass is 487 g/mol. The van der Waals surface area contributed by atoms with Crippen molar-refractivity contribution < 1.29 is 14.9 Å². The van der Waals surface area contributed by atoms with Crippen molar-refractivity contribution in [2.75, 3.05) is 33.4 Å². The van der Waals surface area contributed by atoms with Gasteiger partial charge in [-0.1, -0.05) is 55.5 Å². The van der Waals surface area contributed by atoms with Crippen molar-refractivity contribution in [1.82, 2.24) is 15.6 Å². The third-order valence-electron chi connectivity index (χ3n) is 5.84. The zero-order valence-corrected chi connectivity index (χ0v) is 21.1. The molecule has 0 bridgehead atoms. The van der Waals surface area contributed by atoms with Gasteiger partial charge in [-0.05, 0) is 55.5 Å². The summed E-state index contributed by atoms with van der Waals surface area (Å²) in [5.41, 5.74) is 3.59. The Labute approximate surface area is 205 Å². The maximum absolute atomic E-state index is 11.7. The molecule has 1 aromatic heterocycles. The van der Waals surface area contributed by atoms with E-state index in [1.54, 1.807) is 13.2 Å². The molecule has 1 heterocycles. The van der Waals surface area contributed by atoms with Gasteiger partial charge in [-0.2, -0.15) is 0 Å². The summed E-state index contributed by atoms with van der Waals surface area (Å²) in [6, 6.07) is 12.2. The lowest BCUT2D eigenvalue weighted by atomic mass is 10.0. The number of benzene rings is 2. The first kappa shape index (κ1) is 26.4. The lowest BCUT2D eigenvalue weighted by Gasteiger charge is -2.20. The van der Waals surface area contributed by atoms with Gasteiger partial charge in [0.2, 0.25) is 0 Å². The number of H-pyrrole nitrogens is 1. The predicted octanol–water partition coefficient (Wildman–Crippen LogP) is 3.35. The van der Waals surface area contributed by atoms with Crippen molar-refractivity contribution in [1.29, 1.82) is 0 Å². The second-order valence-electron chi connectivity index (χ2n) is 9.17. The van der Waals surface area contributed by atoms with Crippen LogP contribution >= 0.6 is 11.3 Å². The molecule has 0 aliphatic carbocycles. The van der Waals surface area contributed by atoms with Gasteiger partial charge in [0, 0.05) is 25.3 Å². The Bertz CT molecular complexity index is 1100. The zero-order valence-electron chi connectivity index (χ0n) is 20.3. The third-order valence-corrected chi connectivity index (χ3v) is 6.77. The number of hydrogen-bond acceptors (Lipinski definition) is 7.